The van der Waals surface area contributed by atoms with Gasteiger partial charge in [0.15, 0.2) is 0 Å². The topological polar surface area (TPSA) is 21.3 Å². The van der Waals surface area contributed by atoms with E-state index >= 15 is 0 Å². The number of rotatable bonds is 7. The molecule has 0 aliphatic carbocycles. The molecule has 1 aromatic carbocycles. The van der Waals surface area contributed by atoms with E-state index in [1.807, 2.05) is 0 Å². The summed E-state index contributed by atoms with van der Waals surface area (Å²) in [5.74, 6) is 1.14. The van der Waals surface area contributed by atoms with Gasteiger partial charge in [0, 0.05) is 24.7 Å². The van der Waals surface area contributed by atoms with Gasteiger partial charge in [0.2, 0.25) is 0 Å². The van der Waals surface area contributed by atoms with Gasteiger partial charge in [-0.25, -0.2) is 0 Å². The lowest BCUT2D eigenvalue weighted by atomic mass is 9.88. The monoisotopic (exact) mass is 299 g/mol. The fourth-order valence-corrected chi connectivity index (χ4v) is 2.49. The maximum absolute atomic E-state index is 5.04. The third-order valence-electron chi connectivity index (χ3n) is 2.96. The summed E-state index contributed by atoms with van der Waals surface area (Å²) in [6.45, 7) is 7.19. The lowest BCUT2D eigenvalue weighted by molar-refractivity contribution is 0.198. The van der Waals surface area contributed by atoms with Crippen LogP contribution in [0.4, 0.5) is 0 Å². The Labute approximate surface area is 113 Å². The molecule has 0 heterocycles. The minimum Gasteiger partial charge on any atom is -0.383 e. The van der Waals surface area contributed by atoms with Gasteiger partial charge < -0.3 is 10.1 Å². The van der Waals surface area contributed by atoms with Crippen molar-refractivity contribution in [1.82, 2.24) is 5.32 Å². The highest BCUT2D eigenvalue weighted by atomic mass is 79.9. The summed E-state index contributed by atoms with van der Waals surface area (Å²) in [5, 5.41) is 3.45. The van der Waals surface area contributed by atoms with Gasteiger partial charge in [-0.2, -0.15) is 0 Å². The SMILES string of the molecule is COCCNCC(c1ccccc1Br)C(C)C. The first kappa shape index (κ1) is 14.7. The predicted octanol–water partition coefficient (Wildman–Crippen LogP) is 3.42. The molecule has 0 aliphatic rings. The Kier molecular flexibility index (Phi) is 6.78. The molecule has 0 radical (unpaired) electrons. The third kappa shape index (κ3) is 4.78. The minimum atomic E-state index is 0.530. The Hall–Kier alpha value is -0.380. The van der Waals surface area contributed by atoms with Crippen LogP contribution in [0.3, 0.4) is 0 Å². The van der Waals surface area contributed by atoms with Crippen molar-refractivity contribution in [1.29, 1.82) is 0 Å². The zero-order valence-electron chi connectivity index (χ0n) is 10.9. The molecule has 2 nitrogen and oxygen atoms in total. The van der Waals surface area contributed by atoms with Crippen LogP contribution >= 0.6 is 15.9 Å². The lowest BCUT2D eigenvalue weighted by Crippen LogP contribution is -2.27. The Balaban J connectivity index is 2.63. The van der Waals surface area contributed by atoms with Gasteiger partial charge in [0.1, 0.15) is 0 Å². The van der Waals surface area contributed by atoms with E-state index in [9.17, 15) is 0 Å². The van der Waals surface area contributed by atoms with Crippen LogP contribution in [0.15, 0.2) is 28.7 Å². The van der Waals surface area contributed by atoms with Gasteiger partial charge >= 0.3 is 0 Å². The molecule has 17 heavy (non-hydrogen) atoms. The van der Waals surface area contributed by atoms with Crippen LogP contribution in [-0.4, -0.2) is 26.8 Å². The molecule has 1 N–H and O–H groups in total. The maximum atomic E-state index is 5.04. The van der Waals surface area contributed by atoms with Crippen LogP contribution in [0.2, 0.25) is 0 Å². The predicted molar refractivity (Wildman–Crippen MR) is 76.5 cm³/mol. The van der Waals surface area contributed by atoms with Gasteiger partial charge in [0.25, 0.3) is 0 Å². The molecule has 0 aromatic heterocycles. The summed E-state index contributed by atoms with van der Waals surface area (Å²) in [6.07, 6.45) is 0. The Morgan fingerprint density at radius 3 is 2.59 bits per heavy atom. The molecule has 1 aromatic rings. The summed E-state index contributed by atoms with van der Waals surface area (Å²) >= 11 is 3.64. The highest BCUT2D eigenvalue weighted by molar-refractivity contribution is 9.10. The molecular weight excluding hydrogens is 278 g/mol. The highest BCUT2D eigenvalue weighted by Crippen LogP contribution is 2.29. The third-order valence-corrected chi connectivity index (χ3v) is 3.68. The summed E-state index contributed by atoms with van der Waals surface area (Å²) < 4.78 is 6.24. The quantitative estimate of drug-likeness (QED) is 0.779. The number of hydrogen-bond acceptors (Lipinski definition) is 2. The zero-order chi connectivity index (χ0) is 12.7. The van der Waals surface area contributed by atoms with Gasteiger partial charge in [-0.15, -0.1) is 0 Å². The van der Waals surface area contributed by atoms with Crippen molar-refractivity contribution in [3.05, 3.63) is 34.3 Å². The average Bonchev–Trinajstić information content (AvgIpc) is 2.30. The Bertz CT molecular complexity index is 328. The van der Waals surface area contributed by atoms with Crippen molar-refractivity contribution in [3.8, 4) is 0 Å². The van der Waals surface area contributed by atoms with Gasteiger partial charge in [-0.05, 0) is 23.5 Å². The van der Waals surface area contributed by atoms with E-state index in [-0.39, 0.29) is 0 Å². The molecule has 0 saturated heterocycles. The van der Waals surface area contributed by atoms with Crippen LogP contribution in [0, 0.1) is 5.92 Å². The first-order valence-corrected chi connectivity index (χ1v) is 6.90. The molecule has 0 saturated carbocycles. The maximum Gasteiger partial charge on any atom is 0.0587 e. The van der Waals surface area contributed by atoms with Crippen molar-refractivity contribution in [3.63, 3.8) is 0 Å². The molecule has 0 fully saturated rings. The number of nitrogens with one attached hydrogen (secondary N) is 1. The molecule has 96 valence electrons. The van der Waals surface area contributed by atoms with Crippen LogP contribution in [0.5, 0.6) is 0 Å². The second kappa shape index (κ2) is 7.85. The number of benzene rings is 1. The number of halogens is 1. The van der Waals surface area contributed by atoms with Crippen LogP contribution < -0.4 is 5.32 Å². The second-order valence-corrected chi connectivity index (χ2v) is 5.42. The fraction of sp³-hybridized carbons (Fsp3) is 0.571. The Morgan fingerprint density at radius 1 is 1.29 bits per heavy atom. The van der Waals surface area contributed by atoms with Gasteiger partial charge in [-0.1, -0.05) is 48.0 Å². The van der Waals surface area contributed by atoms with E-state index in [0.717, 1.165) is 19.7 Å². The van der Waals surface area contributed by atoms with Crippen molar-refractivity contribution in [2.24, 2.45) is 5.92 Å². The summed E-state index contributed by atoms with van der Waals surface area (Å²) in [4.78, 5) is 0. The van der Waals surface area contributed by atoms with Crippen molar-refractivity contribution in [2.45, 2.75) is 19.8 Å². The molecular formula is C14H22BrNO. The summed E-state index contributed by atoms with van der Waals surface area (Å²) in [7, 11) is 1.73. The molecule has 0 aliphatic heterocycles. The zero-order valence-corrected chi connectivity index (χ0v) is 12.5. The summed E-state index contributed by atoms with van der Waals surface area (Å²) in [5.41, 5.74) is 1.38. The van der Waals surface area contributed by atoms with Crippen LogP contribution in [-0.2, 0) is 4.74 Å². The van der Waals surface area contributed by atoms with Gasteiger partial charge in [0.05, 0.1) is 6.61 Å². The second-order valence-electron chi connectivity index (χ2n) is 4.57. The van der Waals surface area contributed by atoms with Crippen LogP contribution in [0.25, 0.3) is 0 Å². The smallest absolute Gasteiger partial charge is 0.0587 e. The average molecular weight is 300 g/mol. The van der Waals surface area contributed by atoms with Crippen LogP contribution in [0.1, 0.15) is 25.3 Å². The molecule has 3 heteroatoms. The Morgan fingerprint density at radius 2 is 2.00 bits per heavy atom. The molecule has 0 spiro atoms. The van der Waals surface area contributed by atoms with E-state index in [2.05, 4.69) is 59.4 Å². The molecule has 1 atom stereocenters. The first-order valence-electron chi connectivity index (χ1n) is 6.11. The van der Waals surface area contributed by atoms with Gasteiger partial charge in [-0.3, -0.25) is 0 Å². The number of methoxy groups -OCH3 is 1. The molecule has 0 amide bonds. The molecule has 1 rings (SSSR count). The van der Waals surface area contributed by atoms with E-state index in [1.165, 1.54) is 10.0 Å². The lowest BCUT2D eigenvalue weighted by Gasteiger charge is -2.23. The minimum absolute atomic E-state index is 0.530. The van der Waals surface area contributed by atoms with Crippen molar-refractivity contribution in [2.75, 3.05) is 26.8 Å². The van der Waals surface area contributed by atoms with Crippen molar-refractivity contribution >= 4 is 15.9 Å². The van der Waals surface area contributed by atoms with E-state index < -0.39 is 0 Å². The van der Waals surface area contributed by atoms with E-state index in [1.54, 1.807) is 7.11 Å². The number of hydrogen-bond donors (Lipinski definition) is 1. The molecule has 1 unspecified atom stereocenters. The molecule has 0 bridgehead atoms. The van der Waals surface area contributed by atoms with Crippen molar-refractivity contribution < 1.29 is 4.74 Å². The first-order chi connectivity index (χ1) is 8.16. The fourth-order valence-electron chi connectivity index (χ4n) is 1.91. The summed E-state index contributed by atoms with van der Waals surface area (Å²) in [6, 6.07) is 8.47. The highest BCUT2D eigenvalue weighted by Gasteiger charge is 2.17. The standard InChI is InChI=1S/C14H22BrNO/c1-11(2)13(10-16-8-9-17-3)12-6-4-5-7-14(12)15/h4-7,11,13,16H,8-10H2,1-3H3. The van der Waals surface area contributed by atoms with E-state index in [0.29, 0.717) is 11.8 Å². The largest absolute Gasteiger partial charge is 0.383 e. The normalized spacial score (nSPS) is 13.0. The number of ether oxygens (including phenoxy) is 1. The van der Waals surface area contributed by atoms with E-state index in [4.69, 9.17) is 4.74 Å².